The van der Waals surface area contributed by atoms with Gasteiger partial charge in [0.05, 0.1) is 0 Å². The second-order valence-corrected chi connectivity index (χ2v) is 4.20. The van der Waals surface area contributed by atoms with Gasteiger partial charge in [-0.2, -0.15) is 0 Å². The van der Waals surface area contributed by atoms with Crippen molar-refractivity contribution < 1.29 is 4.42 Å². The Morgan fingerprint density at radius 1 is 0.842 bits per heavy atom. The number of rotatable bonds is 3. The molecular formula is C15H13N3O. The number of hydrogen-bond donors (Lipinski definition) is 1. The minimum Gasteiger partial charge on any atom is -0.419 e. The van der Waals surface area contributed by atoms with Crippen LogP contribution in [0, 0.1) is 0 Å². The quantitative estimate of drug-likeness (QED) is 0.777. The van der Waals surface area contributed by atoms with Crippen molar-refractivity contribution in [2.45, 2.75) is 6.04 Å². The van der Waals surface area contributed by atoms with Crippen LogP contribution in [0.3, 0.4) is 0 Å². The zero-order chi connectivity index (χ0) is 13.1. The van der Waals surface area contributed by atoms with Crippen LogP contribution in [0.15, 0.2) is 65.1 Å². The smallest absolute Gasteiger partial charge is 0.247 e. The van der Waals surface area contributed by atoms with Crippen LogP contribution in [-0.2, 0) is 0 Å². The van der Waals surface area contributed by atoms with Crippen LogP contribution in [0.5, 0.6) is 0 Å². The Balaban J connectivity index is 1.90. The van der Waals surface area contributed by atoms with E-state index >= 15 is 0 Å². The van der Waals surface area contributed by atoms with Crippen molar-refractivity contribution in [2.75, 3.05) is 0 Å². The van der Waals surface area contributed by atoms with E-state index in [0.717, 1.165) is 11.1 Å². The van der Waals surface area contributed by atoms with Gasteiger partial charge in [-0.15, -0.1) is 10.2 Å². The fourth-order valence-corrected chi connectivity index (χ4v) is 1.86. The number of aromatic nitrogens is 2. The van der Waals surface area contributed by atoms with Crippen LogP contribution in [0.2, 0.25) is 0 Å². The molecule has 1 atom stereocenters. The Labute approximate surface area is 110 Å². The summed E-state index contributed by atoms with van der Waals surface area (Å²) in [6.45, 7) is 0. The summed E-state index contributed by atoms with van der Waals surface area (Å²) in [6.07, 6.45) is 0. The SMILES string of the molecule is NC(c1ccccc1)c1nnc(-c2ccccc2)o1. The molecule has 0 radical (unpaired) electrons. The molecule has 0 fully saturated rings. The molecule has 0 aliphatic carbocycles. The Hall–Kier alpha value is -2.46. The van der Waals surface area contributed by atoms with Crippen molar-refractivity contribution in [1.82, 2.24) is 10.2 Å². The van der Waals surface area contributed by atoms with E-state index in [9.17, 15) is 0 Å². The van der Waals surface area contributed by atoms with E-state index in [4.69, 9.17) is 10.2 Å². The van der Waals surface area contributed by atoms with Gasteiger partial charge in [0.25, 0.3) is 0 Å². The molecule has 2 aromatic carbocycles. The average Bonchev–Trinajstić information content (AvgIpc) is 2.98. The summed E-state index contributed by atoms with van der Waals surface area (Å²) in [5.41, 5.74) is 7.95. The summed E-state index contributed by atoms with van der Waals surface area (Å²) >= 11 is 0. The van der Waals surface area contributed by atoms with Gasteiger partial charge in [0.15, 0.2) is 0 Å². The van der Waals surface area contributed by atoms with Crippen LogP contribution in [0.1, 0.15) is 17.5 Å². The van der Waals surface area contributed by atoms with Crippen molar-refractivity contribution in [2.24, 2.45) is 5.73 Å². The van der Waals surface area contributed by atoms with Gasteiger partial charge < -0.3 is 10.2 Å². The van der Waals surface area contributed by atoms with Gasteiger partial charge in [-0.05, 0) is 17.7 Å². The summed E-state index contributed by atoms with van der Waals surface area (Å²) in [6, 6.07) is 18.9. The number of hydrogen-bond acceptors (Lipinski definition) is 4. The molecule has 0 aliphatic rings. The van der Waals surface area contributed by atoms with Crippen LogP contribution in [-0.4, -0.2) is 10.2 Å². The zero-order valence-electron chi connectivity index (χ0n) is 10.2. The molecule has 1 heterocycles. The fourth-order valence-electron chi connectivity index (χ4n) is 1.86. The van der Waals surface area contributed by atoms with Gasteiger partial charge in [-0.1, -0.05) is 48.5 Å². The molecule has 19 heavy (non-hydrogen) atoms. The highest BCUT2D eigenvalue weighted by Gasteiger charge is 2.16. The molecule has 0 aliphatic heterocycles. The van der Waals surface area contributed by atoms with Crippen molar-refractivity contribution in [3.8, 4) is 11.5 Å². The van der Waals surface area contributed by atoms with Gasteiger partial charge in [0.1, 0.15) is 6.04 Å². The molecule has 3 aromatic rings. The molecule has 4 nitrogen and oxygen atoms in total. The molecule has 0 spiro atoms. The topological polar surface area (TPSA) is 64.9 Å². The van der Waals surface area contributed by atoms with Gasteiger partial charge in [-0.25, -0.2) is 0 Å². The molecule has 4 heteroatoms. The third-order valence-corrected chi connectivity index (χ3v) is 2.89. The normalized spacial score (nSPS) is 12.3. The third kappa shape index (κ3) is 2.39. The summed E-state index contributed by atoms with van der Waals surface area (Å²) in [5.74, 6) is 0.909. The maximum Gasteiger partial charge on any atom is 0.247 e. The van der Waals surface area contributed by atoms with Crippen molar-refractivity contribution in [3.63, 3.8) is 0 Å². The van der Waals surface area contributed by atoms with Crippen molar-refractivity contribution >= 4 is 0 Å². The molecule has 0 amide bonds. The maximum atomic E-state index is 6.11. The van der Waals surface area contributed by atoms with E-state index in [1.165, 1.54) is 0 Å². The van der Waals surface area contributed by atoms with Crippen molar-refractivity contribution in [1.29, 1.82) is 0 Å². The Morgan fingerprint density at radius 3 is 2.16 bits per heavy atom. The van der Waals surface area contributed by atoms with E-state index < -0.39 is 6.04 Å². The Bertz CT molecular complexity index is 649. The first-order valence-electron chi connectivity index (χ1n) is 6.04. The maximum absolute atomic E-state index is 6.11. The molecule has 1 unspecified atom stereocenters. The van der Waals surface area contributed by atoms with Crippen LogP contribution in [0.25, 0.3) is 11.5 Å². The molecule has 3 rings (SSSR count). The minimum absolute atomic E-state index is 0.397. The van der Waals surface area contributed by atoms with Crippen LogP contribution >= 0.6 is 0 Å². The largest absolute Gasteiger partial charge is 0.419 e. The lowest BCUT2D eigenvalue weighted by Gasteiger charge is -2.06. The van der Waals surface area contributed by atoms with Gasteiger partial charge in [0.2, 0.25) is 11.8 Å². The Kier molecular flexibility index (Phi) is 3.08. The van der Waals surface area contributed by atoms with Gasteiger partial charge >= 0.3 is 0 Å². The zero-order valence-corrected chi connectivity index (χ0v) is 10.2. The van der Waals surface area contributed by atoms with E-state index in [-0.39, 0.29) is 0 Å². The molecule has 1 aromatic heterocycles. The highest BCUT2D eigenvalue weighted by atomic mass is 16.4. The van der Waals surface area contributed by atoms with Gasteiger partial charge in [-0.3, -0.25) is 0 Å². The summed E-state index contributed by atoms with van der Waals surface area (Å²) in [5, 5.41) is 8.06. The summed E-state index contributed by atoms with van der Waals surface area (Å²) in [4.78, 5) is 0. The number of nitrogens with two attached hydrogens (primary N) is 1. The minimum atomic E-state index is -0.397. The van der Waals surface area contributed by atoms with E-state index in [0.29, 0.717) is 11.8 Å². The summed E-state index contributed by atoms with van der Waals surface area (Å²) < 4.78 is 5.64. The van der Waals surface area contributed by atoms with Gasteiger partial charge in [0, 0.05) is 5.56 Å². The lowest BCUT2D eigenvalue weighted by molar-refractivity contribution is 0.484. The standard InChI is InChI=1S/C15H13N3O/c16-13(11-7-3-1-4-8-11)15-18-17-14(19-15)12-9-5-2-6-10-12/h1-10,13H,16H2. The lowest BCUT2D eigenvalue weighted by Crippen LogP contribution is -2.11. The van der Waals surface area contributed by atoms with E-state index in [1.807, 2.05) is 60.7 Å². The highest BCUT2D eigenvalue weighted by molar-refractivity contribution is 5.51. The van der Waals surface area contributed by atoms with Crippen LogP contribution < -0.4 is 5.73 Å². The molecule has 0 bridgehead atoms. The second-order valence-electron chi connectivity index (χ2n) is 4.20. The number of benzene rings is 2. The third-order valence-electron chi connectivity index (χ3n) is 2.89. The molecule has 2 N–H and O–H groups in total. The molecule has 94 valence electrons. The van der Waals surface area contributed by atoms with Crippen LogP contribution in [0.4, 0.5) is 0 Å². The first-order valence-corrected chi connectivity index (χ1v) is 6.04. The highest BCUT2D eigenvalue weighted by Crippen LogP contribution is 2.22. The molecule has 0 saturated heterocycles. The predicted octanol–water partition coefficient (Wildman–Crippen LogP) is 2.78. The van der Waals surface area contributed by atoms with E-state index in [1.54, 1.807) is 0 Å². The monoisotopic (exact) mass is 251 g/mol. The number of nitrogens with zero attached hydrogens (tertiary/aromatic N) is 2. The van der Waals surface area contributed by atoms with E-state index in [2.05, 4.69) is 10.2 Å². The lowest BCUT2D eigenvalue weighted by atomic mass is 10.1. The second kappa shape index (κ2) is 5.04. The first-order chi connectivity index (χ1) is 9.34. The molecular weight excluding hydrogens is 238 g/mol. The van der Waals surface area contributed by atoms with Crippen molar-refractivity contribution in [3.05, 3.63) is 72.1 Å². The Morgan fingerprint density at radius 2 is 1.47 bits per heavy atom. The predicted molar refractivity (Wildman–Crippen MR) is 72.2 cm³/mol. The first kappa shape index (κ1) is 11.6. The molecule has 0 saturated carbocycles. The summed E-state index contributed by atoms with van der Waals surface area (Å²) in [7, 11) is 0. The fraction of sp³-hybridized carbons (Fsp3) is 0.0667. The average molecular weight is 251 g/mol.